The number of rotatable bonds is 3. The molecule has 0 aliphatic carbocycles. The second-order valence-electron chi connectivity index (χ2n) is 3.77. The molecule has 0 saturated carbocycles. The molecule has 1 aromatic heterocycles. The normalized spacial score (nSPS) is 12.7. The number of aromatic nitrogens is 2. The Hall–Kier alpha value is -1.71. The highest BCUT2D eigenvalue weighted by atomic mass is 19.1. The Kier molecular flexibility index (Phi) is 2.99. The zero-order valence-electron chi connectivity index (χ0n) is 9.27. The smallest absolute Gasteiger partial charge is 0.229 e. The zero-order chi connectivity index (χ0) is 11.5. The molecular formula is C12H13FN2O. The molecule has 3 nitrogen and oxygen atoms in total. The lowest BCUT2D eigenvalue weighted by Crippen LogP contribution is -1.90. The van der Waals surface area contributed by atoms with Gasteiger partial charge in [0.25, 0.3) is 0 Å². The second kappa shape index (κ2) is 4.43. The van der Waals surface area contributed by atoms with E-state index < -0.39 is 0 Å². The fourth-order valence-electron chi connectivity index (χ4n) is 1.33. The van der Waals surface area contributed by atoms with Crippen LogP contribution in [0, 0.1) is 5.82 Å². The van der Waals surface area contributed by atoms with Crippen LogP contribution in [0.1, 0.15) is 32.1 Å². The topological polar surface area (TPSA) is 38.9 Å². The van der Waals surface area contributed by atoms with Gasteiger partial charge in [-0.3, -0.25) is 0 Å². The molecule has 0 radical (unpaired) electrons. The molecule has 16 heavy (non-hydrogen) atoms. The summed E-state index contributed by atoms with van der Waals surface area (Å²) in [6.45, 7) is 4.09. The SMILES string of the molecule is CCC(C)c1nc(-c2ccc(F)cc2)no1. The molecule has 0 saturated heterocycles. The molecule has 0 N–H and O–H groups in total. The van der Waals surface area contributed by atoms with Gasteiger partial charge in [0.2, 0.25) is 11.7 Å². The second-order valence-corrected chi connectivity index (χ2v) is 3.77. The lowest BCUT2D eigenvalue weighted by atomic mass is 10.1. The number of nitrogens with zero attached hydrogens (tertiary/aromatic N) is 2. The van der Waals surface area contributed by atoms with Crippen molar-refractivity contribution in [1.29, 1.82) is 0 Å². The minimum Gasteiger partial charge on any atom is -0.339 e. The van der Waals surface area contributed by atoms with Crippen molar-refractivity contribution in [2.45, 2.75) is 26.2 Å². The molecule has 0 aliphatic heterocycles. The highest BCUT2D eigenvalue weighted by molar-refractivity contribution is 5.53. The van der Waals surface area contributed by atoms with Gasteiger partial charge in [-0.1, -0.05) is 19.0 Å². The highest BCUT2D eigenvalue weighted by Gasteiger charge is 2.13. The minimum atomic E-state index is -0.269. The summed E-state index contributed by atoms with van der Waals surface area (Å²) in [6.07, 6.45) is 0.949. The number of hydrogen-bond donors (Lipinski definition) is 0. The van der Waals surface area contributed by atoms with Gasteiger partial charge in [-0.15, -0.1) is 0 Å². The molecule has 84 valence electrons. The number of benzene rings is 1. The Morgan fingerprint density at radius 2 is 2.00 bits per heavy atom. The molecule has 0 fully saturated rings. The summed E-state index contributed by atoms with van der Waals surface area (Å²) in [4.78, 5) is 4.28. The van der Waals surface area contributed by atoms with E-state index in [1.54, 1.807) is 12.1 Å². The molecular weight excluding hydrogens is 207 g/mol. The minimum absolute atomic E-state index is 0.252. The van der Waals surface area contributed by atoms with Crippen LogP contribution in [0.25, 0.3) is 11.4 Å². The highest BCUT2D eigenvalue weighted by Crippen LogP contribution is 2.21. The van der Waals surface area contributed by atoms with Gasteiger partial charge >= 0.3 is 0 Å². The predicted octanol–water partition coefficient (Wildman–Crippen LogP) is 3.39. The third kappa shape index (κ3) is 2.10. The van der Waals surface area contributed by atoms with Crippen LogP contribution in [0.3, 0.4) is 0 Å². The third-order valence-electron chi connectivity index (χ3n) is 2.58. The van der Waals surface area contributed by atoms with Crippen LogP contribution < -0.4 is 0 Å². The molecule has 0 bridgehead atoms. The van der Waals surface area contributed by atoms with Crippen LogP contribution in [0.5, 0.6) is 0 Å². The maximum Gasteiger partial charge on any atom is 0.229 e. The zero-order valence-corrected chi connectivity index (χ0v) is 9.27. The molecule has 1 unspecified atom stereocenters. The molecule has 1 atom stereocenters. The third-order valence-corrected chi connectivity index (χ3v) is 2.58. The lowest BCUT2D eigenvalue weighted by molar-refractivity contribution is 0.357. The van der Waals surface area contributed by atoms with E-state index in [1.807, 2.05) is 6.92 Å². The fraction of sp³-hybridized carbons (Fsp3) is 0.333. The average Bonchev–Trinajstić information content (AvgIpc) is 2.78. The van der Waals surface area contributed by atoms with Crippen molar-refractivity contribution in [2.75, 3.05) is 0 Å². The van der Waals surface area contributed by atoms with Crippen LogP contribution in [0.15, 0.2) is 28.8 Å². The predicted molar refractivity (Wildman–Crippen MR) is 58.4 cm³/mol. The molecule has 2 rings (SSSR count). The van der Waals surface area contributed by atoms with Gasteiger partial charge in [-0.2, -0.15) is 4.98 Å². The van der Waals surface area contributed by atoms with Crippen molar-refractivity contribution in [3.63, 3.8) is 0 Å². The molecule has 0 aliphatic rings. The van der Waals surface area contributed by atoms with E-state index in [1.165, 1.54) is 12.1 Å². The molecule has 4 heteroatoms. The largest absolute Gasteiger partial charge is 0.339 e. The molecule has 0 spiro atoms. The van der Waals surface area contributed by atoms with E-state index in [2.05, 4.69) is 17.1 Å². The summed E-state index contributed by atoms with van der Waals surface area (Å²) in [5.74, 6) is 1.12. The first-order valence-electron chi connectivity index (χ1n) is 5.30. The Labute approximate surface area is 93.3 Å². The van der Waals surface area contributed by atoms with Gasteiger partial charge in [0.05, 0.1) is 0 Å². The van der Waals surface area contributed by atoms with E-state index >= 15 is 0 Å². The molecule has 2 aromatic rings. The van der Waals surface area contributed by atoms with Crippen molar-refractivity contribution in [3.05, 3.63) is 36.0 Å². The summed E-state index contributed by atoms with van der Waals surface area (Å²) in [7, 11) is 0. The van der Waals surface area contributed by atoms with Gasteiger partial charge in [0.1, 0.15) is 5.82 Å². The summed E-state index contributed by atoms with van der Waals surface area (Å²) < 4.78 is 17.9. The number of halogens is 1. The summed E-state index contributed by atoms with van der Waals surface area (Å²) in [5.41, 5.74) is 0.764. The Morgan fingerprint density at radius 1 is 1.31 bits per heavy atom. The van der Waals surface area contributed by atoms with Gasteiger partial charge in [-0.25, -0.2) is 4.39 Å². The van der Waals surface area contributed by atoms with Crippen LogP contribution in [-0.4, -0.2) is 10.1 Å². The van der Waals surface area contributed by atoms with Gasteiger partial charge in [-0.05, 0) is 30.7 Å². The van der Waals surface area contributed by atoms with E-state index in [-0.39, 0.29) is 11.7 Å². The Morgan fingerprint density at radius 3 is 2.62 bits per heavy atom. The van der Waals surface area contributed by atoms with Crippen LogP contribution in [0.2, 0.25) is 0 Å². The maximum atomic E-state index is 12.7. The van der Waals surface area contributed by atoms with Crippen molar-refractivity contribution in [2.24, 2.45) is 0 Å². The lowest BCUT2D eigenvalue weighted by Gasteiger charge is -1.98. The first-order chi connectivity index (χ1) is 7.70. The van der Waals surface area contributed by atoms with Crippen molar-refractivity contribution in [3.8, 4) is 11.4 Å². The summed E-state index contributed by atoms with van der Waals surface area (Å²) in [5, 5.41) is 3.88. The molecule has 1 heterocycles. The maximum absolute atomic E-state index is 12.7. The average molecular weight is 220 g/mol. The summed E-state index contributed by atoms with van der Waals surface area (Å²) in [6, 6.07) is 6.05. The van der Waals surface area contributed by atoms with Gasteiger partial charge in [0, 0.05) is 11.5 Å². The van der Waals surface area contributed by atoms with E-state index in [9.17, 15) is 4.39 Å². The van der Waals surface area contributed by atoms with Crippen molar-refractivity contribution < 1.29 is 8.91 Å². The van der Waals surface area contributed by atoms with Crippen molar-refractivity contribution in [1.82, 2.24) is 10.1 Å². The number of hydrogen-bond acceptors (Lipinski definition) is 3. The monoisotopic (exact) mass is 220 g/mol. The van der Waals surface area contributed by atoms with Crippen LogP contribution in [-0.2, 0) is 0 Å². The van der Waals surface area contributed by atoms with Gasteiger partial charge in [0.15, 0.2) is 0 Å². The van der Waals surface area contributed by atoms with Gasteiger partial charge < -0.3 is 4.52 Å². The Balaban J connectivity index is 2.28. The summed E-state index contributed by atoms with van der Waals surface area (Å²) >= 11 is 0. The van der Waals surface area contributed by atoms with Crippen LogP contribution in [0.4, 0.5) is 4.39 Å². The first kappa shape index (κ1) is 10.8. The Bertz CT molecular complexity index is 464. The van der Waals surface area contributed by atoms with Crippen LogP contribution >= 0.6 is 0 Å². The quantitative estimate of drug-likeness (QED) is 0.795. The van der Waals surface area contributed by atoms with E-state index in [0.29, 0.717) is 11.7 Å². The molecule has 1 aromatic carbocycles. The fourth-order valence-corrected chi connectivity index (χ4v) is 1.33. The van der Waals surface area contributed by atoms with E-state index in [4.69, 9.17) is 4.52 Å². The van der Waals surface area contributed by atoms with Crippen molar-refractivity contribution >= 4 is 0 Å². The first-order valence-corrected chi connectivity index (χ1v) is 5.30. The standard InChI is InChI=1S/C12H13FN2O/c1-3-8(2)12-14-11(15-16-12)9-4-6-10(13)7-5-9/h4-8H,3H2,1-2H3. The molecule has 0 amide bonds. The van der Waals surface area contributed by atoms with E-state index in [0.717, 1.165) is 12.0 Å².